The number of aliphatic hydroxyl groups is 1. The predicted molar refractivity (Wildman–Crippen MR) is 85.2 cm³/mol. The summed E-state index contributed by atoms with van der Waals surface area (Å²) in [4.78, 5) is 4.69. The van der Waals surface area contributed by atoms with Crippen LogP contribution in [0.25, 0.3) is 11.4 Å². The van der Waals surface area contributed by atoms with Crippen LogP contribution in [-0.4, -0.2) is 69.0 Å². The average Bonchev–Trinajstić information content (AvgIpc) is 2.91. The molecule has 22 heavy (non-hydrogen) atoms. The summed E-state index contributed by atoms with van der Waals surface area (Å²) in [5, 5.41) is 17.7. The molecule has 2 heterocycles. The van der Waals surface area contributed by atoms with Gasteiger partial charge in [0.05, 0.1) is 13.2 Å². The van der Waals surface area contributed by atoms with Crippen molar-refractivity contribution < 1.29 is 5.11 Å². The summed E-state index contributed by atoms with van der Waals surface area (Å²) in [6, 6.07) is 10.2. The largest absolute Gasteiger partial charge is 0.395 e. The summed E-state index contributed by atoms with van der Waals surface area (Å²) in [7, 11) is 2.03. The third-order valence-corrected chi connectivity index (χ3v) is 4.24. The van der Waals surface area contributed by atoms with E-state index in [-0.39, 0.29) is 6.61 Å². The van der Waals surface area contributed by atoms with Crippen molar-refractivity contribution in [3.05, 3.63) is 36.2 Å². The molecule has 1 aliphatic heterocycles. The third kappa shape index (κ3) is 3.35. The molecule has 0 bridgehead atoms. The number of rotatable bonds is 5. The first-order valence-corrected chi connectivity index (χ1v) is 7.77. The quantitative estimate of drug-likeness (QED) is 0.876. The van der Waals surface area contributed by atoms with E-state index in [1.54, 1.807) is 0 Å². The summed E-state index contributed by atoms with van der Waals surface area (Å²) in [6.45, 7) is 5.86. The lowest BCUT2D eigenvalue weighted by Gasteiger charge is -2.33. The van der Waals surface area contributed by atoms with Gasteiger partial charge in [0.25, 0.3) is 0 Å². The topological polar surface area (TPSA) is 57.4 Å². The molecule has 0 amide bonds. The maximum atomic E-state index is 8.99. The van der Waals surface area contributed by atoms with Gasteiger partial charge in [0.15, 0.2) is 5.82 Å². The molecule has 0 saturated carbocycles. The van der Waals surface area contributed by atoms with Crippen LogP contribution in [0.3, 0.4) is 0 Å². The van der Waals surface area contributed by atoms with Gasteiger partial charge in [-0.25, -0.2) is 0 Å². The highest BCUT2D eigenvalue weighted by Crippen LogP contribution is 2.17. The maximum absolute atomic E-state index is 8.99. The van der Waals surface area contributed by atoms with Gasteiger partial charge in [-0.2, -0.15) is 0 Å². The Morgan fingerprint density at radius 3 is 2.36 bits per heavy atom. The van der Waals surface area contributed by atoms with Crippen LogP contribution in [0.5, 0.6) is 0 Å². The zero-order valence-electron chi connectivity index (χ0n) is 13.0. The van der Waals surface area contributed by atoms with E-state index in [9.17, 15) is 0 Å². The van der Waals surface area contributed by atoms with Crippen molar-refractivity contribution in [1.82, 2.24) is 24.6 Å². The van der Waals surface area contributed by atoms with E-state index in [2.05, 4.69) is 36.7 Å². The Kier molecular flexibility index (Phi) is 4.82. The minimum Gasteiger partial charge on any atom is -0.395 e. The lowest BCUT2D eigenvalue weighted by Crippen LogP contribution is -2.46. The van der Waals surface area contributed by atoms with E-state index in [0.29, 0.717) is 0 Å². The average molecular weight is 301 g/mol. The normalized spacial score (nSPS) is 17.0. The van der Waals surface area contributed by atoms with Gasteiger partial charge in [0, 0.05) is 45.3 Å². The van der Waals surface area contributed by atoms with Crippen molar-refractivity contribution in [3.63, 3.8) is 0 Å². The molecule has 3 rings (SSSR count). The van der Waals surface area contributed by atoms with Gasteiger partial charge in [-0.1, -0.05) is 30.3 Å². The minimum absolute atomic E-state index is 0.240. The number of nitrogens with zero attached hydrogens (tertiary/aromatic N) is 5. The zero-order valence-corrected chi connectivity index (χ0v) is 13.0. The summed E-state index contributed by atoms with van der Waals surface area (Å²) in [5.74, 6) is 1.91. The Morgan fingerprint density at radius 1 is 1.00 bits per heavy atom. The number of benzene rings is 1. The van der Waals surface area contributed by atoms with Crippen molar-refractivity contribution >= 4 is 0 Å². The third-order valence-electron chi connectivity index (χ3n) is 4.24. The van der Waals surface area contributed by atoms with E-state index >= 15 is 0 Å². The molecule has 118 valence electrons. The highest BCUT2D eigenvalue weighted by molar-refractivity contribution is 5.54. The van der Waals surface area contributed by atoms with Crippen LogP contribution >= 0.6 is 0 Å². The number of piperazine rings is 1. The highest BCUT2D eigenvalue weighted by atomic mass is 16.3. The molecule has 0 atom stereocenters. The number of aromatic nitrogens is 3. The number of hydrogen-bond donors (Lipinski definition) is 1. The second-order valence-electron chi connectivity index (χ2n) is 5.71. The molecule has 6 nitrogen and oxygen atoms in total. The molecule has 1 N–H and O–H groups in total. The van der Waals surface area contributed by atoms with Gasteiger partial charge in [0.1, 0.15) is 5.82 Å². The van der Waals surface area contributed by atoms with Crippen LogP contribution in [0.2, 0.25) is 0 Å². The zero-order chi connectivity index (χ0) is 15.4. The molecule has 1 aliphatic rings. The van der Waals surface area contributed by atoms with E-state index in [0.717, 1.165) is 56.5 Å². The van der Waals surface area contributed by atoms with Crippen molar-refractivity contribution in [2.45, 2.75) is 6.54 Å². The lowest BCUT2D eigenvalue weighted by molar-refractivity contribution is 0.106. The lowest BCUT2D eigenvalue weighted by atomic mass is 10.2. The first kappa shape index (κ1) is 15.1. The number of β-amino-alcohol motifs (C(OH)–C–C–N with tert-alkyl or cyclic N) is 1. The molecule has 1 saturated heterocycles. The molecule has 1 aromatic heterocycles. The van der Waals surface area contributed by atoms with E-state index in [4.69, 9.17) is 5.11 Å². The van der Waals surface area contributed by atoms with Crippen LogP contribution in [0, 0.1) is 0 Å². The fourth-order valence-electron chi connectivity index (χ4n) is 2.85. The van der Waals surface area contributed by atoms with Gasteiger partial charge in [-0.05, 0) is 0 Å². The molecule has 6 heteroatoms. The van der Waals surface area contributed by atoms with Gasteiger partial charge < -0.3 is 9.67 Å². The summed E-state index contributed by atoms with van der Waals surface area (Å²) in [5.41, 5.74) is 1.09. The van der Waals surface area contributed by atoms with Gasteiger partial charge in [0.2, 0.25) is 0 Å². The summed E-state index contributed by atoms with van der Waals surface area (Å²) in [6.07, 6.45) is 0. The maximum Gasteiger partial charge on any atom is 0.163 e. The summed E-state index contributed by atoms with van der Waals surface area (Å²) >= 11 is 0. The van der Waals surface area contributed by atoms with Crippen molar-refractivity contribution in [3.8, 4) is 11.4 Å². The smallest absolute Gasteiger partial charge is 0.163 e. The first-order valence-electron chi connectivity index (χ1n) is 7.77. The van der Waals surface area contributed by atoms with E-state index in [1.165, 1.54) is 0 Å². The van der Waals surface area contributed by atoms with Gasteiger partial charge in [-0.3, -0.25) is 9.80 Å². The standard InChI is InChI=1S/C16H23N5O/c1-19-15(13-21-9-7-20(8-10-21)11-12-22)17-18-16(19)14-5-3-2-4-6-14/h2-6,22H,7-13H2,1H3. The van der Waals surface area contributed by atoms with Crippen LogP contribution < -0.4 is 0 Å². The molecule has 2 aromatic rings. The predicted octanol–water partition coefficient (Wildman–Crippen LogP) is 0.592. The van der Waals surface area contributed by atoms with Crippen molar-refractivity contribution in [2.75, 3.05) is 39.3 Å². The molecule has 0 aliphatic carbocycles. The monoisotopic (exact) mass is 301 g/mol. The fourth-order valence-corrected chi connectivity index (χ4v) is 2.85. The summed E-state index contributed by atoms with van der Waals surface area (Å²) < 4.78 is 2.08. The van der Waals surface area contributed by atoms with E-state index in [1.807, 2.05) is 25.2 Å². The van der Waals surface area contributed by atoms with Crippen molar-refractivity contribution in [2.24, 2.45) is 7.05 Å². The van der Waals surface area contributed by atoms with Gasteiger partial charge >= 0.3 is 0 Å². The number of hydrogen-bond acceptors (Lipinski definition) is 5. The Labute approximate surface area is 131 Å². The van der Waals surface area contributed by atoms with Crippen LogP contribution in [-0.2, 0) is 13.6 Å². The Morgan fingerprint density at radius 2 is 1.68 bits per heavy atom. The highest BCUT2D eigenvalue weighted by Gasteiger charge is 2.19. The SMILES string of the molecule is Cn1c(CN2CCN(CCO)CC2)nnc1-c1ccccc1. The Hall–Kier alpha value is -1.76. The molecular formula is C16H23N5O. The Bertz CT molecular complexity index is 590. The second kappa shape index (κ2) is 7.00. The first-order chi connectivity index (χ1) is 10.8. The molecule has 1 fully saturated rings. The van der Waals surface area contributed by atoms with E-state index < -0.39 is 0 Å². The molecule has 0 unspecified atom stereocenters. The van der Waals surface area contributed by atoms with Gasteiger partial charge in [-0.15, -0.1) is 10.2 Å². The Balaban J connectivity index is 1.64. The second-order valence-corrected chi connectivity index (χ2v) is 5.71. The molecular weight excluding hydrogens is 278 g/mol. The van der Waals surface area contributed by atoms with Crippen LogP contribution in [0.1, 0.15) is 5.82 Å². The fraction of sp³-hybridized carbons (Fsp3) is 0.500. The minimum atomic E-state index is 0.240. The van der Waals surface area contributed by atoms with Crippen LogP contribution in [0.15, 0.2) is 30.3 Å². The molecule has 0 radical (unpaired) electrons. The van der Waals surface area contributed by atoms with Crippen LogP contribution in [0.4, 0.5) is 0 Å². The molecule has 0 spiro atoms. The number of aliphatic hydroxyl groups excluding tert-OH is 1. The van der Waals surface area contributed by atoms with Crippen molar-refractivity contribution in [1.29, 1.82) is 0 Å². The molecule has 1 aromatic carbocycles.